The summed E-state index contributed by atoms with van der Waals surface area (Å²) in [7, 11) is 0. The molecule has 0 saturated heterocycles. The molecule has 6 nitrogen and oxygen atoms in total. The quantitative estimate of drug-likeness (QED) is 0.414. The number of hydrogen-bond acceptors (Lipinski definition) is 4. The zero-order chi connectivity index (χ0) is 22.8. The van der Waals surface area contributed by atoms with Crippen LogP contribution in [0.1, 0.15) is 45.7 Å². The number of hydrogen-bond donors (Lipinski definition) is 2. The lowest BCUT2D eigenvalue weighted by atomic mass is 10.1. The van der Waals surface area contributed by atoms with Crippen LogP contribution in [0.5, 0.6) is 0 Å². The average molecular weight is 427 g/mol. The molecule has 3 aromatic rings. The molecule has 0 radical (unpaired) electrons. The number of rotatable bonds is 8. The first kappa shape index (κ1) is 22.6. The van der Waals surface area contributed by atoms with E-state index in [1.165, 1.54) is 0 Å². The van der Waals surface area contributed by atoms with Crippen LogP contribution in [0.25, 0.3) is 0 Å². The number of amides is 2. The molecule has 162 valence electrons. The monoisotopic (exact) mass is 426 g/mol. The Morgan fingerprint density at radius 2 is 0.938 bits per heavy atom. The molecule has 0 heterocycles. The topological polar surface area (TPSA) is 82.9 Å². The minimum Gasteiger partial charge on any atom is -0.267 e. The van der Waals surface area contributed by atoms with Crippen LogP contribution in [-0.2, 0) is 12.8 Å². The molecule has 0 spiro atoms. The second-order valence-electron chi connectivity index (χ2n) is 7.48. The van der Waals surface area contributed by atoms with Crippen LogP contribution in [0.4, 0.5) is 0 Å². The number of carbonyl (C=O) groups is 2. The predicted molar refractivity (Wildman–Crippen MR) is 128 cm³/mol. The smallest absolute Gasteiger partial charge is 0.267 e. The SMILES string of the molecule is CC(Cc1ccccc1)=NNC(=O)c1ccc(C(=O)NN=C(C)Cc2ccccc2)cc1. The highest BCUT2D eigenvalue weighted by molar-refractivity contribution is 5.98. The molecule has 0 bridgehead atoms. The first-order valence-electron chi connectivity index (χ1n) is 10.4. The first-order valence-corrected chi connectivity index (χ1v) is 10.4. The van der Waals surface area contributed by atoms with Crippen molar-refractivity contribution in [2.45, 2.75) is 26.7 Å². The zero-order valence-electron chi connectivity index (χ0n) is 18.2. The van der Waals surface area contributed by atoms with Crippen molar-refractivity contribution in [3.63, 3.8) is 0 Å². The molecule has 0 aliphatic heterocycles. The lowest BCUT2D eigenvalue weighted by molar-refractivity contribution is 0.0943. The Balaban J connectivity index is 1.52. The summed E-state index contributed by atoms with van der Waals surface area (Å²) in [5, 5.41) is 8.31. The van der Waals surface area contributed by atoms with Crippen LogP contribution in [-0.4, -0.2) is 23.2 Å². The molecule has 0 atom stereocenters. The van der Waals surface area contributed by atoms with Crippen molar-refractivity contribution < 1.29 is 9.59 Å². The lowest BCUT2D eigenvalue weighted by Crippen LogP contribution is -2.21. The molecule has 2 amide bonds. The highest BCUT2D eigenvalue weighted by atomic mass is 16.2. The summed E-state index contributed by atoms with van der Waals surface area (Å²) in [6.45, 7) is 3.72. The fourth-order valence-electron chi connectivity index (χ4n) is 3.06. The Bertz CT molecular complexity index is 1020. The van der Waals surface area contributed by atoms with Gasteiger partial charge in [0.05, 0.1) is 0 Å². The normalized spacial score (nSPS) is 11.7. The van der Waals surface area contributed by atoms with E-state index in [4.69, 9.17) is 0 Å². The van der Waals surface area contributed by atoms with E-state index in [2.05, 4.69) is 21.1 Å². The maximum atomic E-state index is 12.3. The average Bonchev–Trinajstić information content (AvgIpc) is 2.82. The van der Waals surface area contributed by atoms with Gasteiger partial charge in [-0.15, -0.1) is 0 Å². The van der Waals surface area contributed by atoms with Crippen molar-refractivity contribution in [3.8, 4) is 0 Å². The van der Waals surface area contributed by atoms with Gasteiger partial charge in [-0.1, -0.05) is 60.7 Å². The maximum Gasteiger partial charge on any atom is 0.271 e. The highest BCUT2D eigenvalue weighted by Gasteiger charge is 2.09. The molecule has 0 unspecified atom stereocenters. The Morgan fingerprint density at radius 3 is 1.28 bits per heavy atom. The van der Waals surface area contributed by atoms with Gasteiger partial charge in [-0.25, -0.2) is 10.9 Å². The number of nitrogens with one attached hydrogen (secondary N) is 2. The number of hydrazone groups is 2. The zero-order valence-corrected chi connectivity index (χ0v) is 18.2. The first-order chi connectivity index (χ1) is 15.5. The van der Waals surface area contributed by atoms with Crippen LogP contribution in [0, 0.1) is 0 Å². The molecule has 3 aromatic carbocycles. The minimum atomic E-state index is -0.332. The van der Waals surface area contributed by atoms with Crippen LogP contribution in [0.2, 0.25) is 0 Å². The van der Waals surface area contributed by atoms with Gasteiger partial charge in [0.15, 0.2) is 0 Å². The fourth-order valence-corrected chi connectivity index (χ4v) is 3.06. The Kier molecular flexibility index (Phi) is 8.03. The molecule has 2 N–H and O–H groups in total. The number of carbonyl (C=O) groups excluding carboxylic acids is 2. The van der Waals surface area contributed by atoms with E-state index in [9.17, 15) is 9.59 Å². The van der Waals surface area contributed by atoms with Crippen LogP contribution in [0.3, 0.4) is 0 Å². The van der Waals surface area contributed by atoms with Gasteiger partial charge in [0.2, 0.25) is 0 Å². The van der Waals surface area contributed by atoms with Gasteiger partial charge in [0.1, 0.15) is 0 Å². The predicted octanol–water partition coefficient (Wildman–Crippen LogP) is 4.38. The molecular weight excluding hydrogens is 400 g/mol. The molecule has 0 saturated carbocycles. The van der Waals surface area contributed by atoms with Gasteiger partial charge < -0.3 is 0 Å². The van der Waals surface area contributed by atoms with E-state index in [1.807, 2.05) is 74.5 Å². The van der Waals surface area contributed by atoms with Gasteiger partial charge in [0.25, 0.3) is 11.8 Å². The van der Waals surface area contributed by atoms with Gasteiger partial charge in [0, 0.05) is 35.4 Å². The lowest BCUT2D eigenvalue weighted by Gasteiger charge is -2.05. The minimum absolute atomic E-state index is 0.332. The van der Waals surface area contributed by atoms with Crippen LogP contribution in [0.15, 0.2) is 95.1 Å². The van der Waals surface area contributed by atoms with Crippen LogP contribution >= 0.6 is 0 Å². The van der Waals surface area contributed by atoms with Gasteiger partial charge in [-0.3, -0.25) is 9.59 Å². The summed E-state index contributed by atoms with van der Waals surface area (Å²) >= 11 is 0. The van der Waals surface area contributed by atoms with E-state index in [-0.39, 0.29) is 11.8 Å². The summed E-state index contributed by atoms with van der Waals surface area (Å²) < 4.78 is 0. The summed E-state index contributed by atoms with van der Waals surface area (Å²) in [4.78, 5) is 24.7. The second kappa shape index (κ2) is 11.4. The maximum absolute atomic E-state index is 12.3. The molecule has 0 aliphatic rings. The summed E-state index contributed by atoms with van der Waals surface area (Å²) in [6, 6.07) is 26.2. The highest BCUT2D eigenvalue weighted by Crippen LogP contribution is 2.06. The van der Waals surface area contributed by atoms with Crippen molar-refractivity contribution in [3.05, 3.63) is 107 Å². The molecule has 32 heavy (non-hydrogen) atoms. The molecular formula is C26H26N4O2. The Labute approximate surface area is 188 Å². The van der Waals surface area contributed by atoms with E-state index in [0.29, 0.717) is 24.0 Å². The van der Waals surface area contributed by atoms with E-state index in [0.717, 1.165) is 22.6 Å². The standard InChI is InChI=1S/C26H26N4O2/c1-19(17-21-9-5-3-6-10-21)27-29-25(31)23-13-15-24(16-14-23)26(32)30-28-20(2)18-22-11-7-4-8-12-22/h3-16H,17-18H2,1-2H3,(H,29,31)(H,30,32). The van der Waals surface area contributed by atoms with Gasteiger partial charge in [-0.2, -0.15) is 10.2 Å². The molecule has 6 heteroatoms. The Hall–Kier alpha value is -4.06. The third kappa shape index (κ3) is 7.02. The van der Waals surface area contributed by atoms with Crippen molar-refractivity contribution in [2.24, 2.45) is 10.2 Å². The van der Waals surface area contributed by atoms with E-state index < -0.39 is 0 Å². The summed E-state index contributed by atoms with van der Waals surface area (Å²) in [5.74, 6) is -0.665. The van der Waals surface area contributed by atoms with Gasteiger partial charge in [-0.05, 0) is 49.2 Å². The van der Waals surface area contributed by atoms with Crippen LogP contribution < -0.4 is 10.9 Å². The molecule has 0 aliphatic carbocycles. The van der Waals surface area contributed by atoms with Crippen molar-refractivity contribution >= 4 is 23.2 Å². The molecule has 0 fully saturated rings. The summed E-state index contributed by atoms with van der Waals surface area (Å²) in [6.07, 6.45) is 1.31. The van der Waals surface area contributed by atoms with E-state index in [1.54, 1.807) is 24.3 Å². The molecule has 3 rings (SSSR count). The molecule has 0 aromatic heterocycles. The van der Waals surface area contributed by atoms with Gasteiger partial charge >= 0.3 is 0 Å². The summed E-state index contributed by atoms with van der Waals surface area (Å²) in [5.41, 5.74) is 9.79. The van der Waals surface area contributed by atoms with Crippen molar-refractivity contribution in [1.82, 2.24) is 10.9 Å². The fraction of sp³-hybridized carbons (Fsp3) is 0.154. The third-order valence-corrected chi connectivity index (χ3v) is 4.71. The second-order valence-corrected chi connectivity index (χ2v) is 7.48. The number of benzene rings is 3. The van der Waals surface area contributed by atoms with Crippen molar-refractivity contribution in [2.75, 3.05) is 0 Å². The number of nitrogens with zero attached hydrogens (tertiary/aromatic N) is 2. The third-order valence-electron chi connectivity index (χ3n) is 4.71. The van der Waals surface area contributed by atoms with Crippen molar-refractivity contribution in [1.29, 1.82) is 0 Å². The largest absolute Gasteiger partial charge is 0.271 e. The van der Waals surface area contributed by atoms with E-state index >= 15 is 0 Å². The Morgan fingerprint density at radius 1 is 0.594 bits per heavy atom.